The molecule has 5 heteroatoms. The van der Waals surface area contributed by atoms with Crippen LogP contribution in [0.2, 0.25) is 0 Å². The lowest BCUT2D eigenvalue weighted by Crippen LogP contribution is -1.92. The highest BCUT2D eigenvalue weighted by Crippen LogP contribution is 2.22. The molecule has 0 aliphatic rings. The monoisotopic (exact) mass is 183 g/mol. The van der Waals surface area contributed by atoms with Gasteiger partial charge in [-0.15, -0.1) is 5.10 Å². The van der Waals surface area contributed by atoms with Gasteiger partial charge in [-0.25, -0.2) is 4.98 Å². The Kier molecular flexibility index (Phi) is 1.54. The van der Waals surface area contributed by atoms with Crippen LogP contribution in [-0.2, 0) is 0 Å². The molecule has 0 N–H and O–H groups in total. The molecule has 2 heterocycles. The zero-order valence-corrected chi connectivity index (χ0v) is 7.44. The van der Waals surface area contributed by atoms with Crippen LogP contribution in [0.15, 0.2) is 0 Å². The van der Waals surface area contributed by atoms with Gasteiger partial charge in [-0.2, -0.15) is 4.39 Å². The molecular weight excluding hydrogens is 177 g/mol. The van der Waals surface area contributed by atoms with E-state index in [1.54, 1.807) is 13.8 Å². The Hall–Kier alpha value is -1.10. The number of aryl methyl sites for hydroxylation is 2. The summed E-state index contributed by atoms with van der Waals surface area (Å²) in [6.45, 7) is 3.41. The summed E-state index contributed by atoms with van der Waals surface area (Å²) in [6, 6.07) is 0. The topological polar surface area (TPSA) is 38.7 Å². The second kappa shape index (κ2) is 2.45. The third-order valence-corrected chi connectivity index (χ3v) is 2.59. The van der Waals surface area contributed by atoms with Gasteiger partial charge in [0.25, 0.3) is 0 Å². The number of rotatable bonds is 0. The molecule has 0 saturated carbocycles. The number of pyridine rings is 1. The lowest BCUT2D eigenvalue weighted by molar-refractivity contribution is 0.574. The van der Waals surface area contributed by atoms with E-state index in [0.29, 0.717) is 16.8 Å². The lowest BCUT2D eigenvalue weighted by Gasteiger charge is -1.97. The largest absolute Gasteiger partial charge is 0.222 e. The number of hydrogen-bond donors (Lipinski definition) is 0. The zero-order valence-electron chi connectivity index (χ0n) is 6.63. The highest BCUT2D eigenvalue weighted by Gasteiger charge is 2.10. The molecule has 0 aliphatic carbocycles. The fourth-order valence-corrected chi connectivity index (χ4v) is 1.75. The second-order valence-corrected chi connectivity index (χ2v) is 3.32. The van der Waals surface area contributed by atoms with E-state index in [-0.39, 0.29) is 0 Å². The fourth-order valence-electron chi connectivity index (χ4n) is 1.05. The van der Waals surface area contributed by atoms with Crippen molar-refractivity contribution in [2.75, 3.05) is 0 Å². The summed E-state index contributed by atoms with van der Waals surface area (Å²) in [5.41, 5.74) is 1.84. The van der Waals surface area contributed by atoms with Crippen molar-refractivity contribution in [3.63, 3.8) is 0 Å². The Bertz CT molecular complexity index is 437. The molecule has 2 rings (SSSR count). The second-order valence-electron chi connectivity index (χ2n) is 2.56. The molecule has 2 aromatic rings. The summed E-state index contributed by atoms with van der Waals surface area (Å²) in [4.78, 5) is 3.71. The van der Waals surface area contributed by atoms with Gasteiger partial charge in [-0.1, -0.05) is 4.49 Å². The van der Waals surface area contributed by atoms with E-state index in [1.165, 1.54) is 11.5 Å². The third kappa shape index (κ3) is 0.896. The van der Waals surface area contributed by atoms with Crippen LogP contribution in [0.25, 0.3) is 10.2 Å². The van der Waals surface area contributed by atoms with Gasteiger partial charge in [-0.3, -0.25) is 0 Å². The Morgan fingerprint density at radius 3 is 2.83 bits per heavy atom. The summed E-state index contributed by atoms with van der Waals surface area (Å²) in [6.07, 6.45) is 0. The van der Waals surface area contributed by atoms with Crippen LogP contribution < -0.4 is 0 Å². The molecule has 0 atom stereocenters. The molecule has 0 fully saturated rings. The lowest BCUT2D eigenvalue weighted by atomic mass is 10.2. The predicted molar refractivity (Wildman–Crippen MR) is 44.6 cm³/mol. The average Bonchev–Trinajstić information content (AvgIpc) is 2.48. The molecule has 0 amide bonds. The summed E-state index contributed by atoms with van der Waals surface area (Å²) in [7, 11) is 0. The molecule has 12 heavy (non-hydrogen) atoms. The van der Waals surface area contributed by atoms with Gasteiger partial charge >= 0.3 is 0 Å². The van der Waals surface area contributed by atoms with E-state index in [0.717, 1.165) is 4.70 Å². The van der Waals surface area contributed by atoms with Gasteiger partial charge in [0.1, 0.15) is 5.52 Å². The van der Waals surface area contributed by atoms with Crippen molar-refractivity contribution < 1.29 is 4.39 Å². The molecule has 0 unspecified atom stereocenters. The van der Waals surface area contributed by atoms with Gasteiger partial charge in [0.05, 0.1) is 10.4 Å². The number of hydrogen-bond acceptors (Lipinski definition) is 4. The molecule has 0 radical (unpaired) electrons. The van der Waals surface area contributed by atoms with Crippen LogP contribution in [0.1, 0.15) is 11.3 Å². The Morgan fingerprint density at radius 1 is 1.33 bits per heavy atom. The van der Waals surface area contributed by atoms with Gasteiger partial charge in [-0.05, 0) is 25.4 Å². The molecule has 0 saturated heterocycles. The first-order valence-electron chi connectivity index (χ1n) is 3.45. The van der Waals surface area contributed by atoms with E-state index in [9.17, 15) is 4.39 Å². The third-order valence-electron chi connectivity index (χ3n) is 1.75. The zero-order chi connectivity index (χ0) is 8.72. The summed E-state index contributed by atoms with van der Waals surface area (Å²) < 4.78 is 17.6. The minimum absolute atomic E-state index is 0.425. The molecule has 2 aromatic heterocycles. The van der Waals surface area contributed by atoms with Crippen LogP contribution in [0, 0.1) is 19.8 Å². The van der Waals surface area contributed by atoms with Crippen molar-refractivity contribution in [1.29, 1.82) is 0 Å². The van der Waals surface area contributed by atoms with Gasteiger partial charge < -0.3 is 0 Å². The fraction of sp³-hybridized carbons (Fsp3) is 0.286. The minimum atomic E-state index is -0.425. The van der Waals surface area contributed by atoms with Crippen LogP contribution in [-0.4, -0.2) is 14.6 Å². The molecule has 3 nitrogen and oxygen atoms in total. The normalized spacial score (nSPS) is 10.9. The number of halogens is 1. The highest BCUT2D eigenvalue weighted by atomic mass is 32.1. The van der Waals surface area contributed by atoms with Crippen LogP contribution in [0.4, 0.5) is 4.39 Å². The smallest absolute Gasteiger partial charge is 0.217 e. The first kappa shape index (κ1) is 7.54. The quantitative estimate of drug-likeness (QED) is 0.585. The maximum atomic E-state index is 13.0. The van der Waals surface area contributed by atoms with E-state index in [1.807, 2.05) is 0 Å². The molecule has 0 aliphatic heterocycles. The Balaban J connectivity index is 2.97. The summed E-state index contributed by atoms with van der Waals surface area (Å²) in [5, 5.41) is 3.86. The number of aromatic nitrogens is 3. The van der Waals surface area contributed by atoms with Crippen molar-refractivity contribution in [1.82, 2.24) is 14.6 Å². The van der Waals surface area contributed by atoms with Crippen molar-refractivity contribution >= 4 is 21.7 Å². The van der Waals surface area contributed by atoms with E-state index in [4.69, 9.17) is 0 Å². The van der Waals surface area contributed by atoms with Crippen LogP contribution in [0.3, 0.4) is 0 Å². The summed E-state index contributed by atoms with van der Waals surface area (Å²) in [5.74, 6) is -0.425. The minimum Gasteiger partial charge on any atom is -0.222 e. The van der Waals surface area contributed by atoms with Gasteiger partial charge in [0, 0.05) is 5.56 Å². The summed E-state index contributed by atoms with van der Waals surface area (Å²) >= 11 is 1.20. The van der Waals surface area contributed by atoms with Crippen LogP contribution in [0.5, 0.6) is 0 Å². The van der Waals surface area contributed by atoms with Gasteiger partial charge in [0.2, 0.25) is 5.95 Å². The van der Waals surface area contributed by atoms with Crippen LogP contribution >= 0.6 is 11.5 Å². The Labute approximate surface area is 72.4 Å². The Morgan fingerprint density at radius 2 is 2.08 bits per heavy atom. The average molecular weight is 183 g/mol. The maximum Gasteiger partial charge on any atom is 0.217 e. The molecule has 0 aromatic carbocycles. The molecular formula is C7H6FN3S. The predicted octanol–water partition coefficient (Wildman–Crippen LogP) is 1.84. The van der Waals surface area contributed by atoms with Crippen molar-refractivity contribution in [3.8, 4) is 0 Å². The molecule has 62 valence electrons. The van der Waals surface area contributed by atoms with E-state index in [2.05, 4.69) is 14.6 Å². The standard InChI is InChI=1S/C7H6FN3S/c1-3-6-5(10-11-12-6)4(2)9-7(3)8/h1-2H3. The van der Waals surface area contributed by atoms with Gasteiger partial charge in [0.15, 0.2) is 0 Å². The molecule has 0 bridgehead atoms. The first-order valence-corrected chi connectivity index (χ1v) is 4.22. The van der Waals surface area contributed by atoms with Crippen molar-refractivity contribution in [2.24, 2.45) is 0 Å². The number of fused-ring (bicyclic) bond motifs is 1. The van der Waals surface area contributed by atoms with Crippen molar-refractivity contribution in [3.05, 3.63) is 17.2 Å². The first-order chi connectivity index (χ1) is 5.70. The van der Waals surface area contributed by atoms with E-state index >= 15 is 0 Å². The molecule has 0 spiro atoms. The highest BCUT2D eigenvalue weighted by molar-refractivity contribution is 7.13. The number of nitrogens with zero attached hydrogens (tertiary/aromatic N) is 3. The van der Waals surface area contributed by atoms with E-state index < -0.39 is 5.95 Å². The maximum absolute atomic E-state index is 13.0. The SMILES string of the molecule is Cc1nc(F)c(C)c2snnc12. The van der Waals surface area contributed by atoms with Crippen molar-refractivity contribution in [2.45, 2.75) is 13.8 Å².